The predicted molar refractivity (Wildman–Crippen MR) is 107 cm³/mol. The summed E-state index contributed by atoms with van der Waals surface area (Å²) >= 11 is 0. The number of fused-ring (bicyclic) bond motifs is 1. The average Bonchev–Trinajstić information content (AvgIpc) is 3.31. The highest BCUT2D eigenvalue weighted by Gasteiger charge is 2.42. The van der Waals surface area contributed by atoms with E-state index in [-0.39, 0.29) is 11.8 Å². The van der Waals surface area contributed by atoms with E-state index in [0.717, 1.165) is 24.2 Å². The Hall–Kier alpha value is -2.75. The number of carbonyl (C=O) groups excluding carboxylic acids is 2. The van der Waals surface area contributed by atoms with Gasteiger partial charge in [0.25, 0.3) is 5.91 Å². The van der Waals surface area contributed by atoms with E-state index in [1.54, 1.807) is 24.1 Å². The lowest BCUT2D eigenvalue weighted by molar-refractivity contribution is -0.123. The van der Waals surface area contributed by atoms with Crippen molar-refractivity contribution in [1.82, 2.24) is 35.0 Å². The van der Waals surface area contributed by atoms with Crippen LogP contribution in [0, 0.1) is 5.92 Å². The van der Waals surface area contributed by atoms with Crippen LogP contribution in [0.25, 0.3) is 0 Å². The molecule has 0 aliphatic carbocycles. The molecular weight excluding hydrogens is 386 g/mol. The highest BCUT2D eigenvalue weighted by Crippen LogP contribution is 2.33. The van der Waals surface area contributed by atoms with Gasteiger partial charge in [-0.25, -0.2) is 4.68 Å². The number of hydrogen-bond acceptors (Lipinski definition) is 6. The van der Waals surface area contributed by atoms with Crippen LogP contribution in [0.3, 0.4) is 0 Å². The summed E-state index contributed by atoms with van der Waals surface area (Å²) in [7, 11) is 1.80. The van der Waals surface area contributed by atoms with E-state index in [1.165, 1.54) is 0 Å². The zero-order chi connectivity index (χ0) is 21.3. The Morgan fingerprint density at radius 1 is 1.33 bits per heavy atom. The number of carbonyl (C=O) groups is 2. The van der Waals surface area contributed by atoms with Gasteiger partial charge in [-0.3, -0.25) is 14.3 Å². The lowest BCUT2D eigenvalue weighted by atomic mass is 9.91. The fraction of sp³-hybridized carbons (Fsp3) is 0.650. The van der Waals surface area contributed by atoms with Crippen molar-refractivity contribution < 1.29 is 14.3 Å². The molecule has 2 aliphatic rings. The van der Waals surface area contributed by atoms with E-state index in [9.17, 15) is 9.59 Å². The summed E-state index contributed by atoms with van der Waals surface area (Å²) in [6.45, 7) is 6.52. The zero-order valence-electron chi connectivity index (χ0n) is 17.8. The molecule has 1 unspecified atom stereocenters. The van der Waals surface area contributed by atoms with Crippen LogP contribution in [-0.4, -0.2) is 60.2 Å². The number of likely N-dealkylation sites (tertiary alicyclic amines) is 1. The Balaban J connectivity index is 1.41. The predicted octanol–water partition coefficient (Wildman–Crippen LogP) is 0.879. The van der Waals surface area contributed by atoms with Crippen molar-refractivity contribution in [3.63, 3.8) is 0 Å². The van der Waals surface area contributed by atoms with Gasteiger partial charge in [-0.1, -0.05) is 19.1 Å². The summed E-state index contributed by atoms with van der Waals surface area (Å²) in [5, 5.41) is 15.6. The Labute approximate surface area is 175 Å². The van der Waals surface area contributed by atoms with Gasteiger partial charge in [0.15, 0.2) is 0 Å². The van der Waals surface area contributed by atoms with Gasteiger partial charge >= 0.3 is 0 Å². The van der Waals surface area contributed by atoms with Crippen molar-refractivity contribution >= 4 is 11.8 Å². The van der Waals surface area contributed by atoms with E-state index in [4.69, 9.17) is 4.74 Å². The minimum atomic E-state index is -0.463. The molecule has 1 N–H and O–H groups in total. The summed E-state index contributed by atoms with van der Waals surface area (Å²) in [4.78, 5) is 26.6. The van der Waals surface area contributed by atoms with Crippen molar-refractivity contribution in [1.29, 1.82) is 0 Å². The van der Waals surface area contributed by atoms with Crippen LogP contribution < -0.4 is 5.32 Å². The molecule has 1 spiro atoms. The normalized spacial score (nSPS) is 21.1. The van der Waals surface area contributed by atoms with Crippen molar-refractivity contribution in [2.45, 2.75) is 58.4 Å². The molecule has 2 aromatic heterocycles. The lowest BCUT2D eigenvalue weighted by Crippen LogP contribution is -2.55. The first-order valence-corrected chi connectivity index (χ1v) is 10.4. The van der Waals surface area contributed by atoms with Gasteiger partial charge in [-0.15, -0.1) is 5.10 Å². The molecule has 0 radical (unpaired) electrons. The van der Waals surface area contributed by atoms with Gasteiger partial charge in [0.1, 0.15) is 11.3 Å². The molecule has 30 heavy (non-hydrogen) atoms. The second-order valence-corrected chi connectivity index (χ2v) is 8.72. The Bertz CT molecular complexity index is 935. The number of ether oxygens (including phenoxy) is 1. The van der Waals surface area contributed by atoms with Gasteiger partial charge in [0, 0.05) is 26.2 Å². The minimum Gasteiger partial charge on any atom is -0.365 e. The van der Waals surface area contributed by atoms with Crippen LogP contribution in [-0.2, 0) is 36.3 Å². The molecule has 0 bridgehead atoms. The molecule has 1 fully saturated rings. The van der Waals surface area contributed by atoms with Gasteiger partial charge < -0.3 is 15.0 Å². The third-order valence-electron chi connectivity index (χ3n) is 5.70. The number of aromatic nitrogens is 5. The van der Waals surface area contributed by atoms with Crippen LogP contribution >= 0.6 is 0 Å². The largest absolute Gasteiger partial charge is 0.365 e. The summed E-state index contributed by atoms with van der Waals surface area (Å²) in [5.74, 6) is 0.298. The van der Waals surface area contributed by atoms with E-state index in [2.05, 4.69) is 20.7 Å². The van der Waals surface area contributed by atoms with E-state index in [1.807, 2.05) is 23.4 Å². The minimum absolute atomic E-state index is 0.0109. The highest BCUT2D eigenvalue weighted by molar-refractivity contribution is 5.93. The standard InChI is InChI=1S/C20H29N7O3/c1-14(2)7-18(28)21-9-16-17-11-30-20(13-27(17)24-23-16)5-4-6-26(12-20)19(29)15-8-22-25(3)10-15/h8,10,14H,4-7,9,11-13H2,1-3H3,(H,21,28). The number of aryl methyl sites for hydroxylation is 1. The Morgan fingerprint density at radius 3 is 2.90 bits per heavy atom. The number of amides is 2. The highest BCUT2D eigenvalue weighted by atomic mass is 16.5. The van der Waals surface area contributed by atoms with Gasteiger partial charge in [0.05, 0.1) is 43.7 Å². The topological polar surface area (TPSA) is 107 Å². The summed E-state index contributed by atoms with van der Waals surface area (Å²) < 4.78 is 9.80. The van der Waals surface area contributed by atoms with Gasteiger partial charge in [0.2, 0.25) is 5.91 Å². The van der Waals surface area contributed by atoms with Crippen molar-refractivity contribution in [3.05, 3.63) is 29.3 Å². The maximum Gasteiger partial charge on any atom is 0.257 e. The molecule has 10 nitrogen and oxygen atoms in total. The number of piperidine rings is 1. The monoisotopic (exact) mass is 415 g/mol. The first-order chi connectivity index (χ1) is 14.3. The van der Waals surface area contributed by atoms with Crippen molar-refractivity contribution in [2.24, 2.45) is 13.0 Å². The molecule has 1 atom stereocenters. The average molecular weight is 415 g/mol. The molecular formula is C20H29N7O3. The first kappa shape index (κ1) is 20.5. The van der Waals surface area contributed by atoms with Crippen molar-refractivity contribution in [3.8, 4) is 0 Å². The molecule has 2 amide bonds. The Kier molecular flexibility index (Phi) is 5.59. The fourth-order valence-electron chi connectivity index (χ4n) is 4.19. The SMILES string of the molecule is CC(C)CC(=O)NCc1nnn2c1COC1(CCCN(C(=O)c3cnn(C)c3)C1)C2. The number of hydrogen-bond donors (Lipinski definition) is 1. The molecule has 0 aromatic carbocycles. The maximum absolute atomic E-state index is 12.9. The molecule has 1 saturated heterocycles. The smallest absolute Gasteiger partial charge is 0.257 e. The second kappa shape index (κ2) is 8.17. The number of nitrogens with one attached hydrogen (secondary N) is 1. The third kappa shape index (κ3) is 4.23. The van der Waals surface area contributed by atoms with E-state index < -0.39 is 5.60 Å². The summed E-state index contributed by atoms with van der Waals surface area (Å²) in [5.41, 5.74) is 1.75. The fourth-order valence-corrected chi connectivity index (χ4v) is 4.19. The summed E-state index contributed by atoms with van der Waals surface area (Å²) in [6, 6.07) is 0. The molecule has 162 valence electrons. The molecule has 4 rings (SSSR count). The molecule has 2 aliphatic heterocycles. The van der Waals surface area contributed by atoms with Gasteiger partial charge in [-0.2, -0.15) is 5.10 Å². The Morgan fingerprint density at radius 2 is 2.17 bits per heavy atom. The maximum atomic E-state index is 12.9. The number of nitrogens with zero attached hydrogens (tertiary/aromatic N) is 6. The first-order valence-electron chi connectivity index (χ1n) is 10.4. The zero-order valence-corrected chi connectivity index (χ0v) is 17.8. The summed E-state index contributed by atoms with van der Waals surface area (Å²) in [6.07, 6.45) is 5.56. The van der Waals surface area contributed by atoms with E-state index in [0.29, 0.717) is 50.7 Å². The molecule has 2 aromatic rings. The molecule has 0 saturated carbocycles. The van der Waals surface area contributed by atoms with E-state index >= 15 is 0 Å². The molecule has 4 heterocycles. The second-order valence-electron chi connectivity index (χ2n) is 8.72. The molecule has 10 heteroatoms. The van der Waals surface area contributed by atoms with Crippen LogP contribution in [0.5, 0.6) is 0 Å². The van der Waals surface area contributed by atoms with Crippen molar-refractivity contribution in [2.75, 3.05) is 13.1 Å². The van der Waals surface area contributed by atoms with Crippen LogP contribution in [0.1, 0.15) is 54.9 Å². The number of rotatable bonds is 5. The quantitative estimate of drug-likeness (QED) is 0.777. The lowest BCUT2D eigenvalue weighted by Gasteiger charge is -2.44. The van der Waals surface area contributed by atoms with Crippen LogP contribution in [0.15, 0.2) is 12.4 Å². The van der Waals surface area contributed by atoms with Crippen LogP contribution in [0.2, 0.25) is 0 Å². The van der Waals surface area contributed by atoms with Gasteiger partial charge in [-0.05, 0) is 18.8 Å². The van der Waals surface area contributed by atoms with Crippen LogP contribution in [0.4, 0.5) is 0 Å². The third-order valence-corrected chi connectivity index (χ3v) is 5.70.